The molecule has 1 N–H and O–H groups in total. The lowest BCUT2D eigenvalue weighted by Crippen LogP contribution is -2.57. The summed E-state index contributed by atoms with van der Waals surface area (Å²) in [7, 11) is 0. The van der Waals surface area contributed by atoms with E-state index in [4.69, 9.17) is 14.2 Å². The number of ether oxygens (including phenoxy) is 3. The maximum atomic E-state index is 12.2. The Morgan fingerprint density at radius 1 is 1.26 bits per heavy atom. The molecule has 0 amide bonds. The Bertz CT molecular complexity index is 800. The van der Waals surface area contributed by atoms with E-state index in [0.717, 1.165) is 24.8 Å². The lowest BCUT2D eigenvalue weighted by atomic mass is 9.46. The number of allylic oxidation sites excluding steroid dienone is 2. The van der Waals surface area contributed by atoms with Crippen LogP contribution in [0.2, 0.25) is 0 Å². The molecular formula is C24H34O7. The van der Waals surface area contributed by atoms with Crippen LogP contribution in [0, 0.1) is 22.7 Å². The topological polar surface area (TPSA) is 99.1 Å². The van der Waals surface area contributed by atoms with E-state index in [1.54, 1.807) is 0 Å². The third-order valence-corrected chi connectivity index (χ3v) is 7.77. The van der Waals surface area contributed by atoms with Gasteiger partial charge in [0.25, 0.3) is 0 Å². The van der Waals surface area contributed by atoms with Crippen molar-refractivity contribution in [1.29, 1.82) is 0 Å². The van der Waals surface area contributed by atoms with Crippen LogP contribution in [0.3, 0.4) is 0 Å². The average Bonchev–Trinajstić information content (AvgIpc) is 3.02. The fraction of sp³-hybridized carbons (Fsp3) is 0.708. The normalized spacial score (nSPS) is 39.1. The monoisotopic (exact) mass is 434 g/mol. The number of aliphatic hydroxyl groups is 1. The Morgan fingerprint density at radius 3 is 2.61 bits per heavy atom. The maximum absolute atomic E-state index is 12.2. The summed E-state index contributed by atoms with van der Waals surface area (Å²) >= 11 is 0. The fourth-order valence-electron chi connectivity index (χ4n) is 6.09. The number of hydrogen-bond acceptors (Lipinski definition) is 7. The van der Waals surface area contributed by atoms with Gasteiger partial charge in [-0.15, -0.1) is 0 Å². The highest BCUT2D eigenvalue weighted by Gasteiger charge is 2.58. The third-order valence-electron chi connectivity index (χ3n) is 7.77. The number of fused-ring (bicyclic) bond motifs is 1. The van der Waals surface area contributed by atoms with Crippen LogP contribution in [0.1, 0.15) is 59.8 Å². The zero-order chi connectivity index (χ0) is 23.0. The fourth-order valence-corrected chi connectivity index (χ4v) is 6.09. The average molecular weight is 435 g/mol. The second-order valence-corrected chi connectivity index (χ2v) is 9.74. The summed E-state index contributed by atoms with van der Waals surface area (Å²) in [4.78, 5) is 35.0. The third kappa shape index (κ3) is 4.43. The van der Waals surface area contributed by atoms with Crippen LogP contribution in [0.4, 0.5) is 0 Å². The zero-order valence-electron chi connectivity index (χ0n) is 18.9. The molecule has 7 heteroatoms. The summed E-state index contributed by atoms with van der Waals surface area (Å²) in [6.45, 7) is 11.5. The molecule has 172 valence electrons. The lowest BCUT2D eigenvalue weighted by molar-refractivity contribution is -0.172. The molecule has 3 fully saturated rings. The van der Waals surface area contributed by atoms with E-state index in [2.05, 4.69) is 13.5 Å². The molecule has 1 aliphatic heterocycles. The Kier molecular flexibility index (Phi) is 6.65. The van der Waals surface area contributed by atoms with Gasteiger partial charge >= 0.3 is 17.9 Å². The molecule has 0 bridgehead atoms. The van der Waals surface area contributed by atoms with Crippen molar-refractivity contribution in [2.45, 2.75) is 72.0 Å². The van der Waals surface area contributed by atoms with E-state index in [-0.39, 0.29) is 36.4 Å². The SMILES string of the molecule is C=C1CC[C@@H]2[C@](C)(COC(C)=O)[C@H](O)CC[C@@]2(C)[C@@H]1C/C=C1/C(=O)OC[C@H]1OC(C)=O. The van der Waals surface area contributed by atoms with Crippen molar-refractivity contribution in [2.24, 2.45) is 22.7 Å². The van der Waals surface area contributed by atoms with Crippen molar-refractivity contribution in [3.8, 4) is 0 Å². The van der Waals surface area contributed by atoms with Gasteiger partial charge in [-0.25, -0.2) is 4.79 Å². The first kappa shape index (κ1) is 23.5. The highest BCUT2D eigenvalue weighted by molar-refractivity contribution is 5.92. The number of carbonyl (C=O) groups is 3. The molecule has 2 saturated carbocycles. The summed E-state index contributed by atoms with van der Waals surface area (Å²) in [5.74, 6) is -1.02. The van der Waals surface area contributed by atoms with E-state index in [0.29, 0.717) is 18.4 Å². The number of rotatable bonds is 5. The van der Waals surface area contributed by atoms with Crippen molar-refractivity contribution in [3.05, 3.63) is 23.8 Å². The van der Waals surface area contributed by atoms with Crippen LogP contribution in [-0.2, 0) is 28.6 Å². The van der Waals surface area contributed by atoms with E-state index in [1.807, 2.05) is 13.0 Å². The van der Waals surface area contributed by atoms with Gasteiger partial charge in [-0.05, 0) is 49.4 Å². The van der Waals surface area contributed by atoms with E-state index in [1.165, 1.54) is 13.8 Å². The summed E-state index contributed by atoms with van der Waals surface area (Å²) in [6.07, 6.45) is 4.31. The molecule has 0 unspecified atom stereocenters. The molecule has 3 rings (SSSR count). The van der Waals surface area contributed by atoms with Gasteiger partial charge in [-0.1, -0.05) is 32.1 Å². The molecule has 7 nitrogen and oxygen atoms in total. The van der Waals surface area contributed by atoms with Crippen molar-refractivity contribution >= 4 is 17.9 Å². The van der Waals surface area contributed by atoms with Gasteiger partial charge in [0, 0.05) is 19.3 Å². The van der Waals surface area contributed by atoms with Crippen molar-refractivity contribution < 1.29 is 33.7 Å². The Labute approximate surface area is 183 Å². The maximum Gasteiger partial charge on any atom is 0.337 e. The first-order valence-corrected chi connectivity index (χ1v) is 11.0. The first-order chi connectivity index (χ1) is 14.5. The highest BCUT2D eigenvalue weighted by atomic mass is 16.6. The molecule has 6 atom stereocenters. The molecule has 1 heterocycles. The predicted molar refractivity (Wildman–Crippen MR) is 113 cm³/mol. The predicted octanol–water partition coefficient (Wildman–Crippen LogP) is 3.10. The van der Waals surface area contributed by atoms with Gasteiger partial charge in [0.15, 0.2) is 6.10 Å². The number of esters is 3. The molecule has 31 heavy (non-hydrogen) atoms. The summed E-state index contributed by atoms with van der Waals surface area (Å²) in [5.41, 5.74) is 0.793. The van der Waals surface area contributed by atoms with Gasteiger partial charge in [0.05, 0.1) is 18.3 Å². The van der Waals surface area contributed by atoms with Crippen LogP contribution in [0.5, 0.6) is 0 Å². The summed E-state index contributed by atoms with van der Waals surface area (Å²) < 4.78 is 15.7. The van der Waals surface area contributed by atoms with Crippen molar-refractivity contribution in [1.82, 2.24) is 0 Å². The molecular weight excluding hydrogens is 400 g/mol. The molecule has 0 radical (unpaired) electrons. The number of hydrogen-bond donors (Lipinski definition) is 1. The largest absolute Gasteiger partial charge is 0.465 e. The smallest absolute Gasteiger partial charge is 0.337 e. The van der Waals surface area contributed by atoms with Crippen LogP contribution in [-0.4, -0.2) is 48.4 Å². The molecule has 3 aliphatic rings. The minimum absolute atomic E-state index is 0.0440. The number of cyclic esters (lactones) is 1. The van der Waals surface area contributed by atoms with E-state index < -0.39 is 29.6 Å². The molecule has 0 aromatic rings. The van der Waals surface area contributed by atoms with E-state index in [9.17, 15) is 19.5 Å². The molecule has 0 aromatic heterocycles. The standard InChI is InChI=1S/C24H34O7/c1-14-6-9-20-23(4,11-10-21(27)24(20,5)13-30-15(2)25)18(14)8-7-17-19(31-16(3)26)12-29-22(17)28/h7,18-21,27H,1,6,8-13H2,2-5H3/b17-7+/t18-,19-,20+,21-,23+,24+/m1/s1. The van der Waals surface area contributed by atoms with Gasteiger partial charge in [0.1, 0.15) is 6.61 Å². The molecule has 2 aliphatic carbocycles. The molecule has 1 saturated heterocycles. The van der Waals surface area contributed by atoms with Gasteiger partial charge in [0.2, 0.25) is 0 Å². The molecule has 0 aromatic carbocycles. The second kappa shape index (κ2) is 8.77. The number of carbonyl (C=O) groups excluding carboxylic acids is 3. The highest BCUT2D eigenvalue weighted by Crippen LogP contribution is 2.62. The number of aliphatic hydroxyl groups excluding tert-OH is 1. The van der Waals surface area contributed by atoms with Crippen LogP contribution in [0.25, 0.3) is 0 Å². The van der Waals surface area contributed by atoms with Gasteiger partial charge < -0.3 is 19.3 Å². The first-order valence-electron chi connectivity index (χ1n) is 11.0. The Hall–Kier alpha value is -2.15. The van der Waals surface area contributed by atoms with Crippen LogP contribution >= 0.6 is 0 Å². The Morgan fingerprint density at radius 2 is 1.97 bits per heavy atom. The van der Waals surface area contributed by atoms with Crippen LogP contribution in [0.15, 0.2) is 23.8 Å². The van der Waals surface area contributed by atoms with Crippen molar-refractivity contribution in [2.75, 3.05) is 13.2 Å². The van der Waals surface area contributed by atoms with Crippen molar-refractivity contribution in [3.63, 3.8) is 0 Å². The van der Waals surface area contributed by atoms with Crippen LogP contribution < -0.4 is 0 Å². The van der Waals surface area contributed by atoms with Gasteiger partial charge in [-0.3, -0.25) is 9.59 Å². The van der Waals surface area contributed by atoms with E-state index >= 15 is 0 Å². The summed E-state index contributed by atoms with van der Waals surface area (Å²) in [6, 6.07) is 0. The zero-order valence-corrected chi connectivity index (χ0v) is 18.9. The Balaban J connectivity index is 1.87. The second-order valence-electron chi connectivity index (χ2n) is 9.74. The lowest BCUT2D eigenvalue weighted by Gasteiger charge is -2.60. The minimum Gasteiger partial charge on any atom is -0.465 e. The minimum atomic E-state index is -0.673. The van der Waals surface area contributed by atoms with Gasteiger partial charge in [-0.2, -0.15) is 0 Å². The quantitative estimate of drug-likeness (QED) is 0.307. The summed E-state index contributed by atoms with van der Waals surface area (Å²) in [5, 5.41) is 10.9. The molecule has 0 spiro atoms.